The van der Waals surface area contributed by atoms with Gasteiger partial charge in [-0.3, -0.25) is 9.59 Å². The molecule has 0 aliphatic heterocycles. The summed E-state index contributed by atoms with van der Waals surface area (Å²) < 4.78 is 19.0. The van der Waals surface area contributed by atoms with Gasteiger partial charge in [-0.1, -0.05) is 44.5 Å². The third-order valence-corrected chi connectivity index (χ3v) is 10.5. The predicted molar refractivity (Wildman–Crippen MR) is 183 cm³/mol. The van der Waals surface area contributed by atoms with Crippen LogP contribution in [-0.2, 0) is 38.4 Å². The Hall–Kier alpha value is -2.82. The number of esters is 1. The number of amides is 1. The molecule has 2 N–H and O–H groups in total. The number of nitrogens with zero attached hydrogens (tertiary/aromatic N) is 3. The Morgan fingerprint density at radius 3 is 2.36 bits per heavy atom. The molecule has 0 bridgehead atoms. The highest BCUT2D eigenvalue weighted by Crippen LogP contribution is 2.53. The van der Waals surface area contributed by atoms with Crippen LogP contribution in [0.1, 0.15) is 107 Å². The number of benzene rings is 1. The van der Waals surface area contributed by atoms with Crippen LogP contribution in [0.4, 0.5) is 0 Å². The zero-order valence-corrected chi connectivity index (χ0v) is 29.7. The third kappa shape index (κ3) is 11.7. The van der Waals surface area contributed by atoms with Gasteiger partial charge in [0.25, 0.3) is 5.91 Å². The number of nitrogens with one attached hydrogen (secondary N) is 2. The largest absolute Gasteiger partial charge is 0.465 e. The van der Waals surface area contributed by atoms with Gasteiger partial charge in [0.2, 0.25) is 0 Å². The first-order chi connectivity index (χ1) is 22.5. The van der Waals surface area contributed by atoms with Crippen molar-refractivity contribution in [1.29, 1.82) is 0 Å². The molecule has 1 saturated carbocycles. The van der Waals surface area contributed by atoms with E-state index < -0.39 is 0 Å². The Morgan fingerprint density at radius 2 is 1.66 bits per heavy atom. The van der Waals surface area contributed by atoms with E-state index in [2.05, 4.69) is 55.6 Å². The van der Waals surface area contributed by atoms with Crippen LogP contribution in [0, 0.1) is 23.2 Å². The van der Waals surface area contributed by atoms with Crippen molar-refractivity contribution in [2.45, 2.75) is 104 Å². The van der Waals surface area contributed by atoms with Gasteiger partial charge in [0.05, 0.1) is 37.8 Å². The molecule has 2 aliphatic rings. The molecule has 1 heterocycles. The summed E-state index contributed by atoms with van der Waals surface area (Å²) in [5.74, 6) is 1.44. The smallest absolute Gasteiger partial charge is 0.305 e. The van der Waals surface area contributed by atoms with Crippen molar-refractivity contribution in [2.24, 2.45) is 23.2 Å². The minimum atomic E-state index is -0.132. The zero-order valence-electron chi connectivity index (χ0n) is 29.7. The van der Waals surface area contributed by atoms with Crippen molar-refractivity contribution in [3.8, 4) is 0 Å². The molecule has 47 heavy (non-hydrogen) atoms. The lowest BCUT2D eigenvalue weighted by atomic mass is 9.87. The Labute approximate surface area is 282 Å². The summed E-state index contributed by atoms with van der Waals surface area (Å²) in [6.07, 6.45) is 8.05. The topological polar surface area (TPSA) is 117 Å². The molecule has 0 radical (unpaired) electrons. The van der Waals surface area contributed by atoms with E-state index in [0.29, 0.717) is 81.1 Å². The number of hydrogen-bond acceptors (Lipinski definition) is 8. The zero-order chi connectivity index (χ0) is 33.9. The van der Waals surface area contributed by atoms with Crippen LogP contribution in [0.5, 0.6) is 0 Å². The minimum absolute atomic E-state index is 0.0160. The molecule has 262 valence electrons. The summed E-state index contributed by atoms with van der Waals surface area (Å²) in [7, 11) is 1.93. The van der Waals surface area contributed by atoms with Crippen LogP contribution in [0.2, 0.25) is 0 Å². The van der Waals surface area contributed by atoms with Crippen LogP contribution >= 0.6 is 0 Å². The van der Waals surface area contributed by atoms with Crippen molar-refractivity contribution in [3.63, 3.8) is 0 Å². The molecule has 1 fully saturated rings. The molecule has 1 aromatic carbocycles. The molecule has 10 nitrogen and oxygen atoms in total. The van der Waals surface area contributed by atoms with Gasteiger partial charge in [-0.15, -0.1) is 5.10 Å². The number of ether oxygens (including phenoxy) is 3. The highest BCUT2D eigenvalue weighted by atomic mass is 16.5. The minimum Gasteiger partial charge on any atom is -0.465 e. The number of aryl methyl sites for hydroxylation is 1. The third-order valence-electron chi connectivity index (χ3n) is 10.5. The molecule has 1 aromatic heterocycles. The lowest BCUT2D eigenvalue weighted by Crippen LogP contribution is -2.40. The Bertz CT molecular complexity index is 1270. The lowest BCUT2D eigenvalue weighted by Gasteiger charge is -2.23. The molecule has 0 spiro atoms. The summed E-state index contributed by atoms with van der Waals surface area (Å²) in [4.78, 5) is 25.0. The SMILES string of the molecule is CCC(C)(C)CCOCCOCCCC(=O)OC[C@@H]1[C@@H]2CCc3c(nnn3Cc3ccc(C(=O)NCCC(C)(C)NC)cc3)CC[C@@H]21. The molecular formula is C37H59N5O5. The molecule has 1 amide bonds. The lowest BCUT2D eigenvalue weighted by molar-refractivity contribution is -0.144. The van der Waals surface area contributed by atoms with E-state index in [1.54, 1.807) is 0 Å². The maximum atomic E-state index is 12.6. The van der Waals surface area contributed by atoms with Gasteiger partial charge in [-0.25, -0.2) is 4.68 Å². The number of aromatic nitrogens is 3. The molecule has 2 aromatic rings. The van der Waals surface area contributed by atoms with Crippen molar-refractivity contribution < 1.29 is 23.8 Å². The number of carbonyl (C=O) groups is 2. The van der Waals surface area contributed by atoms with Gasteiger partial charge in [-0.2, -0.15) is 0 Å². The predicted octanol–water partition coefficient (Wildman–Crippen LogP) is 5.37. The number of rotatable bonds is 20. The van der Waals surface area contributed by atoms with Crippen molar-refractivity contribution >= 4 is 11.9 Å². The second kappa shape index (κ2) is 17.5. The Kier molecular flexibility index (Phi) is 13.8. The average Bonchev–Trinajstić information content (AvgIpc) is 3.57. The highest BCUT2D eigenvalue weighted by Gasteiger charge is 2.50. The second-order valence-electron chi connectivity index (χ2n) is 14.8. The van der Waals surface area contributed by atoms with Crippen molar-refractivity contribution in [2.75, 3.05) is 46.6 Å². The van der Waals surface area contributed by atoms with Crippen LogP contribution in [0.25, 0.3) is 0 Å². The Balaban J connectivity index is 1.12. The molecule has 3 atom stereocenters. The van der Waals surface area contributed by atoms with E-state index in [4.69, 9.17) is 14.2 Å². The maximum absolute atomic E-state index is 12.6. The fraction of sp³-hybridized carbons (Fsp3) is 0.730. The van der Waals surface area contributed by atoms with Gasteiger partial charge in [-0.05, 0) is 107 Å². The summed E-state index contributed by atoms with van der Waals surface area (Å²) >= 11 is 0. The van der Waals surface area contributed by atoms with E-state index in [-0.39, 0.29) is 17.4 Å². The summed E-state index contributed by atoms with van der Waals surface area (Å²) in [5, 5.41) is 15.3. The van der Waals surface area contributed by atoms with Crippen molar-refractivity contribution in [1.82, 2.24) is 25.6 Å². The van der Waals surface area contributed by atoms with E-state index in [1.165, 1.54) is 5.69 Å². The standard InChI is InChI=1S/C37H59N5O5/c1-7-36(2,3)19-22-46-24-23-45-21-8-9-34(43)47-26-31-29-14-16-32-33(17-15-30(29)31)42(41-40-32)25-27-10-12-28(13-11-27)35(44)39-20-18-37(4,5)38-6/h10-13,29-31,38H,7-9,14-26H2,1-6H3,(H,39,44)/t29-,30+,31-/m0/s1. The molecule has 10 heteroatoms. The molecule has 0 unspecified atom stereocenters. The van der Waals surface area contributed by atoms with Gasteiger partial charge in [0.15, 0.2) is 0 Å². The molecule has 2 aliphatic carbocycles. The van der Waals surface area contributed by atoms with Gasteiger partial charge < -0.3 is 24.8 Å². The maximum Gasteiger partial charge on any atom is 0.305 e. The van der Waals surface area contributed by atoms with Gasteiger partial charge >= 0.3 is 5.97 Å². The number of carbonyl (C=O) groups excluding carboxylic acids is 2. The van der Waals surface area contributed by atoms with Crippen LogP contribution in [0.15, 0.2) is 24.3 Å². The second-order valence-corrected chi connectivity index (χ2v) is 14.8. The van der Waals surface area contributed by atoms with E-state index >= 15 is 0 Å². The summed E-state index contributed by atoms with van der Waals surface area (Å²) in [6.45, 7) is 15.2. The van der Waals surface area contributed by atoms with Crippen molar-refractivity contribution in [3.05, 3.63) is 46.8 Å². The quantitative estimate of drug-likeness (QED) is 0.145. The fourth-order valence-corrected chi connectivity index (χ4v) is 6.28. The summed E-state index contributed by atoms with van der Waals surface area (Å²) in [5.41, 5.74) is 4.35. The Morgan fingerprint density at radius 1 is 0.957 bits per heavy atom. The van der Waals surface area contributed by atoms with Crippen LogP contribution < -0.4 is 10.6 Å². The van der Waals surface area contributed by atoms with Crippen LogP contribution in [-0.4, -0.2) is 79.0 Å². The van der Waals surface area contributed by atoms with E-state index in [1.807, 2.05) is 36.0 Å². The average molecular weight is 654 g/mol. The summed E-state index contributed by atoms with van der Waals surface area (Å²) in [6, 6.07) is 7.77. The number of hydrogen-bond donors (Lipinski definition) is 2. The molecule has 4 rings (SSSR count). The first-order valence-corrected chi connectivity index (χ1v) is 17.8. The molecule has 0 saturated heterocycles. The fourth-order valence-electron chi connectivity index (χ4n) is 6.28. The first-order valence-electron chi connectivity index (χ1n) is 17.8. The van der Waals surface area contributed by atoms with Crippen LogP contribution in [0.3, 0.4) is 0 Å². The monoisotopic (exact) mass is 653 g/mol. The number of fused-ring (bicyclic) bond motifs is 2. The van der Waals surface area contributed by atoms with Gasteiger partial charge in [0, 0.05) is 37.3 Å². The van der Waals surface area contributed by atoms with Gasteiger partial charge in [0.1, 0.15) is 0 Å². The first kappa shape index (κ1) is 37.0. The van der Waals surface area contributed by atoms with E-state index in [9.17, 15) is 9.59 Å². The molecular weight excluding hydrogens is 594 g/mol. The highest BCUT2D eigenvalue weighted by molar-refractivity contribution is 5.94. The van der Waals surface area contributed by atoms with E-state index in [0.717, 1.165) is 62.8 Å². The normalized spacial score (nSPS) is 19.3.